The van der Waals surface area contributed by atoms with E-state index < -0.39 is 0 Å². The third kappa shape index (κ3) is 3.05. The van der Waals surface area contributed by atoms with Crippen molar-refractivity contribution in [3.8, 4) is 11.3 Å². The van der Waals surface area contributed by atoms with E-state index in [1.807, 2.05) is 20.0 Å². The van der Waals surface area contributed by atoms with E-state index in [4.69, 9.17) is 4.74 Å². The summed E-state index contributed by atoms with van der Waals surface area (Å²) in [6, 6.07) is 4.09. The molecule has 2 aromatic rings. The maximum Gasteiger partial charge on any atom is 0.157 e. The summed E-state index contributed by atoms with van der Waals surface area (Å²) < 4.78 is 5.36. The lowest BCUT2D eigenvalue weighted by Gasteiger charge is -2.07. The Morgan fingerprint density at radius 3 is 2.78 bits per heavy atom. The number of thiophene rings is 1. The number of nitrogens with zero attached hydrogens (tertiary/aromatic N) is 2. The summed E-state index contributed by atoms with van der Waals surface area (Å²) in [5.74, 6) is 1.53. The lowest BCUT2D eigenvalue weighted by Crippen LogP contribution is -2.03. The Kier molecular flexibility index (Phi) is 4.28. The Labute approximate surface area is 111 Å². The molecule has 0 fully saturated rings. The minimum atomic E-state index is 0.447. The molecule has 0 aliphatic carbocycles. The van der Waals surface area contributed by atoms with Crippen LogP contribution in [0.1, 0.15) is 17.6 Å². The van der Waals surface area contributed by atoms with E-state index in [0.717, 1.165) is 17.1 Å². The molecule has 4 nitrogen and oxygen atoms in total. The second kappa shape index (κ2) is 5.93. The zero-order chi connectivity index (χ0) is 13.0. The van der Waals surface area contributed by atoms with Crippen LogP contribution in [0.4, 0.5) is 5.82 Å². The van der Waals surface area contributed by atoms with Crippen LogP contribution in [0.5, 0.6) is 0 Å². The summed E-state index contributed by atoms with van der Waals surface area (Å²) >= 11 is 1.72. The molecule has 0 unspecified atom stereocenters. The molecule has 0 atom stereocenters. The normalized spacial score (nSPS) is 10.6. The van der Waals surface area contributed by atoms with Gasteiger partial charge in [-0.2, -0.15) is 0 Å². The smallest absolute Gasteiger partial charge is 0.157 e. The van der Waals surface area contributed by atoms with Gasteiger partial charge < -0.3 is 10.1 Å². The van der Waals surface area contributed by atoms with Crippen molar-refractivity contribution in [2.24, 2.45) is 0 Å². The Hall–Kier alpha value is -1.46. The molecule has 0 aromatic carbocycles. The van der Waals surface area contributed by atoms with Gasteiger partial charge in [0.1, 0.15) is 12.4 Å². The predicted molar refractivity (Wildman–Crippen MR) is 75.0 cm³/mol. The standard InChI is InChI=1S/C13H17N3OS/c1-4-17-7-13-15-11(6-12(14-3)16-13)10-5-9(2)18-8-10/h5-6,8H,4,7H2,1-3H3,(H,14,15,16). The van der Waals surface area contributed by atoms with Crippen LogP contribution in [0, 0.1) is 6.92 Å². The number of rotatable bonds is 5. The van der Waals surface area contributed by atoms with Crippen molar-refractivity contribution in [1.29, 1.82) is 0 Å². The van der Waals surface area contributed by atoms with Crippen LogP contribution in [0.15, 0.2) is 17.5 Å². The zero-order valence-electron chi connectivity index (χ0n) is 10.9. The summed E-state index contributed by atoms with van der Waals surface area (Å²) in [7, 11) is 1.86. The van der Waals surface area contributed by atoms with Gasteiger partial charge in [0, 0.05) is 35.5 Å². The molecule has 2 rings (SSSR count). The van der Waals surface area contributed by atoms with Gasteiger partial charge in [-0.1, -0.05) is 0 Å². The molecule has 0 radical (unpaired) electrons. The second-order valence-corrected chi connectivity index (χ2v) is 5.00. The van der Waals surface area contributed by atoms with E-state index in [1.165, 1.54) is 4.88 Å². The van der Waals surface area contributed by atoms with Crippen molar-refractivity contribution in [3.05, 3.63) is 28.2 Å². The summed E-state index contributed by atoms with van der Waals surface area (Å²) in [5.41, 5.74) is 2.07. The number of nitrogens with one attached hydrogen (secondary N) is 1. The molecule has 18 heavy (non-hydrogen) atoms. The number of hydrogen-bond acceptors (Lipinski definition) is 5. The first kappa shape index (κ1) is 13.0. The Morgan fingerprint density at radius 2 is 2.17 bits per heavy atom. The summed E-state index contributed by atoms with van der Waals surface area (Å²) in [5, 5.41) is 5.17. The molecule has 0 aliphatic rings. The van der Waals surface area contributed by atoms with Gasteiger partial charge in [0.2, 0.25) is 0 Å². The molecule has 5 heteroatoms. The third-order valence-electron chi connectivity index (χ3n) is 2.49. The van der Waals surface area contributed by atoms with E-state index in [0.29, 0.717) is 19.0 Å². The Balaban J connectivity index is 2.34. The van der Waals surface area contributed by atoms with Crippen molar-refractivity contribution >= 4 is 17.2 Å². The van der Waals surface area contributed by atoms with Crippen LogP contribution < -0.4 is 5.32 Å². The van der Waals surface area contributed by atoms with Gasteiger partial charge in [-0.3, -0.25) is 0 Å². The molecule has 2 aromatic heterocycles. The number of anilines is 1. The maximum absolute atomic E-state index is 5.36. The van der Waals surface area contributed by atoms with E-state index >= 15 is 0 Å². The topological polar surface area (TPSA) is 47.0 Å². The molecular formula is C13H17N3OS. The molecule has 2 heterocycles. The van der Waals surface area contributed by atoms with Crippen LogP contribution in [0.2, 0.25) is 0 Å². The van der Waals surface area contributed by atoms with E-state index in [1.54, 1.807) is 11.3 Å². The molecule has 0 saturated carbocycles. The number of ether oxygens (including phenoxy) is 1. The summed E-state index contributed by atoms with van der Waals surface area (Å²) in [6.45, 7) is 5.17. The first-order valence-electron chi connectivity index (χ1n) is 5.92. The van der Waals surface area contributed by atoms with Gasteiger partial charge >= 0.3 is 0 Å². The largest absolute Gasteiger partial charge is 0.374 e. The van der Waals surface area contributed by atoms with Crippen LogP contribution in [0.3, 0.4) is 0 Å². The highest BCUT2D eigenvalue weighted by Crippen LogP contribution is 2.25. The van der Waals surface area contributed by atoms with E-state index in [9.17, 15) is 0 Å². The fraction of sp³-hybridized carbons (Fsp3) is 0.385. The van der Waals surface area contributed by atoms with E-state index in [-0.39, 0.29) is 0 Å². The highest BCUT2D eigenvalue weighted by Gasteiger charge is 2.07. The highest BCUT2D eigenvalue weighted by atomic mass is 32.1. The molecule has 0 amide bonds. The van der Waals surface area contributed by atoms with Gasteiger partial charge in [0.15, 0.2) is 5.82 Å². The second-order valence-electron chi connectivity index (χ2n) is 3.89. The Morgan fingerprint density at radius 1 is 1.33 bits per heavy atom. The number of aromatic nitrogens is 2. The predicted octanol–water partition coefficient (Wildman–Crippen LogP) is 3.09. The van der Waals surface area contributed by atoms with Crippen molar-refractivity contribution in [1.82, 2.24) is 9.97 Å². The molecule has 0 bridgehead atoms. The first-order valence-corrected chi connectivity index (χ1v) is 6.80. The van der Waals surface area contributed by atoms with Gasteiger partial charge in [-0.25, -0.2) is 9.97 Å². The molecule has 0 saturated heterocycles. The lowest BCUT2D eigenvalue weighted by atomic mass is 10.2. The fourth-order valence-electron chi connectivity index (χ4n) is 1.61. The molecule has 0 spiro atoms. The highest BCUT2D eigenvalue weighted by molar-refractivity contribution is 7.10. The van der Waals surface area contributed by atoms with Crippen LogP contribution >= 0.6 is 11.3 Å². The summed E-state index contributed by atoms with van der Waals surface area (Å²) in [4.78, 5) is 10.2. The van der Waals surface area contributed by atoms with Crippen molar-refractivity contribution in [3.63, 3.8) is 0 Å². The molecule has 0 aliphatic heterocycles. The van der Waals surface area contributed by atoms with Gasteiger partial charge in [-0.05, 0) is 19.9 Å². The van der Waals surface area contributed by atoms with E-state index in [2.05, 4.69) is 33.7 Å². The molecule has 96 valence electrons. The van der Waals surface area contributed by atoms with Gasteiger partial charge in [-0.15, -0.1) is 11.3 Å². The van der Waals surface area contributed by atoms with Gasteiger partial charge in [0.25, 0.3) is 0 Å². The zero-order valence-corrected chi connectivity index (χ0v) is 11.7. The minimum absolute atomic E-state index is 0.447. The number of hydrogen-bond donors (Lipinski definition) is 1. The minimum Gasteiger partial charge on any atom is -0.374 e. The van der Waals surface area contributed by atoms with Crippen LogP contribution in [0.25, 0.3) is 11.3 Å². The lowest BCUT2D eigenvalue weighted by molar-refractivity contribution is 0.128. The summed E-state index contributed by atoms with van der Waals surface area (Å²) in [6.07, 6.45) is 0. The van der Waals surface area contributed by atoms with Crippen LogP contribution in [-0.4, -0.2) is 23.6 Å². The monoisotopic (exact) mass is 263 g/mol. The van der Waals surface area contributed by atoms with Crippen LogP contribution in [-0.2, 0) is 11.3 Å². The van der Waals surface area contributed by atoms with Crippen molar-refractivity contribution < 1.29 is 4.74 Å². The molecular weight excluding hydrogens is 246 g/mol. The van der Waals surface area contributed by atoms with Gasteiger partial charge in [0.05, 0.1) is 5.69 Å². The Bertz CT molecular complexity index is 525. The third-order valence-corrected chi connectivity index (χ3v) is 3.35. The quantitative estimate of drug-likeness (QED) is 0.900. The first-order chi connectivity index (χ1) is 8.72. The fourth-order valence-corrected chi connectivity index (χ4v) is 2.31. The van der Waals surface area contributed by atoms with Crippen molar-refractivity contribution in [2.45, 2.75) is 20.5 Å². The molecule has 1 N–H and O–H groups in total. The average molecular weight is 263 g/mol. The number of aryl methyl sites for hydroxylation is 1. The van der Waals surface area contributed by atoms with Crippen molar-refractivity contribution in [2.75, 3.05) is 19.0 Å². The average Bonchev–Trinajstić information content (AvgIpc) is 2.82. The SMILES string of the molecule is CCOCc1nc(NC)cc(-c2csc(C)c2)n1. The maximum atomic E-state index is 5.36.